The molecule has 0 radical (unpaired) electrons. The van der Waals surface area contributed by atoms with Gasteiger partial charge in [0.05, 0.1) is 0 Å². The third-order valence-corrected chi connectivity index (χ3v) is 5.04. The second kappa shape index (κ2) is 15.0. The van der Waals surface area contributed by atoms with Crippen LogP contribution >= 0.6 is 0 Å². The molecule has 2 unspecified atom stereocenters. The summed E-state index contributed by atoms with van der Waals surface area (Å²) >= 11 is 0. The summed E-state index contributed by atoms with van der Waals surface area (Å²) < 4.78 is 0. The molecule has 0 aliphatic heterocycles. The molecule has 0 aliphatic carbocycles. The summed E-state index contributed by atoms with van der Waals surface area (Å²) in [4.78, 5) is 0. The van der Waals surface area contributed by atoms with Crippen molar-refractivity contribution in [1.82, 2.24) is 0 Å². The lowest BCUT2D eigenvalue weighted by Gasteiger charge is -2.19. The molecular formula is C24H38O. The van der Waals surface area contributed by atoms with Gasteiger partial charge in [-0.25, -0.2) is 0 Å². The van der Waals surface area contributed by atoms with Crippen LogP contribution < -0.4 is 0 Å². The second-order valence-electron chi connectivity index (χ2n) is 7.06. The van der Waals surface area contributed by atoms with E-state index >= 15 is 0 Å². The Balaban J connectivity index is 2.38. The van der Waals surface area contributed by atoms with Gasteiger partial charge in [0.1, 0.15) is 0 Å². The van der Waals surface area contributed by atoms with Gasteiger partial charge in [0.15, 0.2) is 0 Å². The molecule has 1 N–H and O–H groups in total. The largest absolute Gasteiger partial charge is 0.396 e. The summed E-state index contributed by atoms with van der Waals surface area (Å²) in [6.45, 7) is 6.55. The van der Waals surface area contributed by atoms with E-state index in [9.17, 15) is 0 Å². The highest BCUT2D eigenvalue weighted by Gasteiger charge is 2.12. The first kappa shape index (κ1) is 21.7. The molecule has 0 saturated carbocycles. The standard InChI is InChI=1S/C24H38O/c1-3-5-6-7-9-15-22(4-2)16-14-20-24(19-12-13-21-25)23-17-10-8-11-18-23/h4-6,8,10-11,17-18,22,24-25H,2-3,7,9,12-16,19-21H2,1H3/b6-5+. The van der Waals surface area contributed by atoms with Crippen LogP contribution in [0.25, 0.3) is 0 Å². The maximum Gasteiger partial charge on any atom is 0.0431 e. The summed E-state index contributed by atoms with van der Waals surface area (Å²) in [6.07, 6.45) is 18.6. The van der Waals surface area contributed by atoms with Crippen molar-refractivity contribution in [1.29, 1.82) is 0 Å². The first-order valence-electron chi connectivity index (χ1n) is 10.2. The molecule has 1 rings (SSSR count). The highest BCUT2D eigenvalue weighted by atomic mass is 16.2. The van der Waals surface area contributed by atoms with E-state index in [2.05, 4.69) is 62.1 Å². The molecule has 0 amide bonds. The zero-order chi connectivity index (χ0) is 18.2. The fraction of sp³-hybridized carbons (Fsp3) is 0.583. The summed E-state index contributed by atoms with van der Waals surface area (Å²) in [5.74, 6) is 1.29. The van der Waals surface area contributed by atoms with E-state index < -0.39 is 0 Å². The Bertz CT molecular complexity index is 448. The third-order valence-electron chi connectivity index (χ3n) is 5.04. The lowest BCUT2D eigenvalue weighted by molar-refractivity contribution is 0.280. The smallest absolute Gasteiger partial charge is 0.0431 e. The predicted molar refractivity (Wildman–Crippen MR) is 111 cm³/mol. The van der Waals surface area contributed by atoms with Crippen molar-refractivity contribution in [3.05, 3.63) is 60.7 Å². The minimum absolute atomic E-state index is 0.312. The van der Waals surface area contributed by atoms with Crippen molar-refractivity contribution in [2.45, 2.75) is 77.0 Å². The fourth-order valence-corrected chi connectivity index (χ4v) is 3.49. The first-order chi connectivity index (χ1) is 12.3. The molecule has 1 aromatic carbocycles. The van der Waals surface area contributed by atoms with Crippen LogP contribution in [0.15, 0.2) is 55.1 Å². The molecule has 0 bridgehead atoms. The van der Waals surface area contributed by atoms with Gasteiger partial charge < -0.3 is 5.11 Å². The van der Waals surface area contributed by atoms with E-state index in [0.29, 0.717) is 18.4 Å². The van der Waals surface area contributed by atoms with Crippen LogP contribution in [0, 0.1) is 5.92 Å². The monoisotopic (exact) mass is 342 g/mol. The normalized spacial score (nSPS) is 13.8. The van der Waals surface area contributed by atoms with Crippen LogP contribution in [0.3, 0.4) is 0 Å². The van der Waals surface area contributed by atoms with Crippen LogP contribution in [-0.2, 0) is 0 Å². The van der Waals surface area contributed by atoms with Crippen molar-refractivity contribution in [2.75, 3.05) is 6.61 Å². The average molecular weight is 343 g/mol. The van der Waals surface area contributed by atoms with Gasteiger partial charge in [-0.1, -0.05) is 68.3 Å². The predicted octanol–water partition coefficient (Wildman–Crippen LogP) is 7.04. The van der Waals surface area contributed by atoms with E-state index in [1.807, 2.05) is 0 Å². The maximum atomic E-state index is 9.05. The zero-order valence-corrected chi connectivity index (χ0v) is 16.2. The first-order valence-corrected chi connectivity index (χ1v) is 10.2. The van der Waals surface area contributed by atoms with Crippen LogP contribution in [0.2, 0.25) is 0 Å². The summed E-state index contributed by atoms with van der Waals surface area (Å²) in [5, 5.41) is 9.05. The number of rotatable bonds is 15. The topological polar surface area (TPSA) is 20.2 Å². The highest BCUT2D eigenvalue weighted by Crippen LogP contribution is 2.29. The zero-order valence-electron chi connectivity index (χ0n) is 16.2. The Morgan fingerprint density at radius 2 is 1.64 bits per heavy atom. The number of hydrogen-bond acceptors (Lipinski definition) is 1. The molecular weight excluding hydrogens is 304 g/mol. The molecule has 140 valence electrons. The van der Waals surface area contributed by atoms with Gasteiger partial charge in [-0.15, -0.1) is 6.58 Å². The van der Waals surface area contributed by atoms with E-state index in [1.165, 1.54) is 50.5 Å². The Kier molecular flexibility index (Phi) is 13.0. The van der Waals surface area contributed by atoms with Crippen molar-refractivity contribution >= 4 is 0 Å². The van der Waals surface area contributed by atoms with Gasteiger partial charge in [-0.05, 0) is 68.8 Å². The average Bonchev–Trinajstić information content (AvgIpc) is 2.66. The molecule has 0 saturated heterocycles. The number of benzene rings is 1. The minimum atomic E-state index is 0.312. The number of hydrogen-bond donors (Lipinski definition) is 1. The van der Waals surface area contributed by atoms with Gasteiger partial charge in [0, 0.05) is 6.61 Å². The molecule has 0 heterocycles. The van der Waals surface area contributed by atoms with Gasteiger partial charge in [0.25, 0.3) is 0 Å². The van der Waals surface area contributed by atoms with Gasteiger partial charge >= 0.3 is 0 Å². The number of aliphatic hydroxyl groups excluding tert-OH is 1. The molecule has 25 heavy (non-hydrogen) atoms. The molecule has 0 spiro atoms. The summed E-state index contributed by atoms with van der Waals surface area (Å²) in [7, 11) is 0. The second-order valence-corrected chi connectivity index (χ2v) is 7.06. The van der Waals surface area contributed by atoms with Crippen LogP contribution in [0.1, 0.15) is 82.6 Å². The van der Waals surface area contributed by atoms with Gasteiger partial charge in [-0.3, -0.25) is 0 Å². The van der Waals surface area contributed by atoms with Gasteiger partial charge in [-0.2, -0.15) is 0 Å². The quantitative estimate of drug-likeness (QED) is 0.268. The van der Waals surface area contributed by atoms with Crippen molar-refractivity contribution in [2.24, 2.45) is 5.92 Å². The number of unbranched alkanes of at least 4 members (excludes halogenated alkanes) is 2. The number of aliphatic hydroxyl groups is 1. The molecule has 0 aromatic heterocycles. The number of allylic oxidation sites excluding steroid dienone is 3. The van der Waals surface area contributed by atoms with Crippen molar-refractivity contribution < 1.29 is 5.11 Å². The lowest BCUT2D eigenvalue weighted by Crippen LogP contribution is -2.03. The summed E-state index contributed by atoms with van der Waals surface area (Å²) in [5.41, 5.74) is 1.46. The van der Waals surface area contributed by atoms with E-state index in [0.717, 1.165) is 19.3 Å². The Morgan fingerprint density at radius 3 is 2.32 bits per heavy atom. The van der Waals surface area contributed by atoms with Gasteiger partial charge in [0.2, 0.25) is 0 Å². The third kappa shape index (κ3) is 10.3. The van der Waals surface area contributed by atoms with Crippen LogP contribution in [0.4, 0.5) is 0 Å². The highest BCUT2D eigenvalue weighted by molar-refractivity contribution is 5.19. The lowest BCUT2D eigenvalue weighted by atomic mass is 9.87. The SMILES string of the molecule is C=CC(CCC/C=C/CC)CCCC(CCCCO)c1ccccc1. The molecule has 0 aliphatic rings. The van der Waals surface area contributed by atoms with E-state index in [4.69, 9.17) is 5.11 Å². The molecule has 2 atom stereocenters. The summed E-state index contributed by atoms with van der Waals surface area (Å²) in [6, 6.07) is 10.9. The minimum Gasteiger partial charge on any atom is -0.396 e. The maximum absolute atomic E-state index is 9.05. The van der Waals surface area contributed by atoms with E-state index in [-0.39, 0.29) is 0 Å². The Labute approximate surface area is 155 Å². The van der Waals surface area contributed by atoms with Crippen molar-refractivity contribution in [3.63, 3.8) is 0 Å². The molecule has 1 aromatic rings. The van der Waals surface area contributed by atoms with Crippen molar-refractivity contribution in [3.8, 4) is 0 Å². The van der Waals surface area contributed by atoms with Crippen LogP contribution in [0.5, 0.6) is 0 Å². The fourth-order valence-electron chi connectivity index (χ4n) is 3.49. The van der Waals surface area contributed by atoms with E-state index in [1.54, 1.807) is 0 Å². The molecule has 1 heteroatoms. The van der Waals surface area contributed by atoms with Crippen LogP contribution in [-0.4, -0.2) is 11.7 Å². The molecule has 1 nitrogen and oxygen atoms in total. The molecule has 0 fully saturated rings. The Hall–Kier alpha value is -1.34. The Morgan fingerprint density at radius 1 is 0.920 bits per heavy atom.